The van der Waals surface area contributed by atoms with Gasteiger partial charge in [-0.15, -0.1) is 11.3 Å². The first-order valence-corrected chi connectivity index (χ1v) is 8.83. The molecule has 8 nitrogen and oxygen atoms in total. The molecule has 0 spiro atoms. The highest BCUT2D eigenvalue weighted by Crippen LogP contribution is 2.37. The normalized spacial score (nSPS) is 11.0. The van der Waals surface area contributed by atoms with E-state index >= 15 is 0 Å². The van der Waals surface area contributed by atoms with E-state index in [-0.39, 0.29) is 5.75 Å². The van der Waals surface area contributed by atoms with Crippen molar-refractivity contribution in [1.82, 2.24) is 10.3 Å². The predicted molar refractivity (Wildman–Crippen MR) is 100 cm³/mol. The summed E-state index contributed by atoms with van der Waals surface area (Å²) in [7, 11) is 1.52. The van der Waals surface area contributed by atoms with Crippen molar-refractivity contribution in [3.05, 3.63) is 36.4 Å². The fourth-order valence-corrected chi connectivity index (χ4v) is 3.38. The number of amides is 1. The number of methoxy groups -OCH3 is 1. The fourth-order valence-electron chi connectivity index (χ4n) is 2.36. The van der Waals surface area contributed by atoms with Gasteiger partial charge in [-0.2, -0.15) is 0 Å². The van der Waals surface area contributed by atoms with E-state index in [1.54, 1.807) is 30.3 Å². The summed E-state index contributed by atoms with van der Waals surface area (Å²) in [6.45, 7) is -0.789. The number of hydrogen-bond donors (Lipinski definition) is 4. The molecule has 9 heteroatoms. The minimum atomic E-state index is -0.783. The Morgan fingerprint density at radius 2 is 1.93 bits per heavy atom. The van der Waals surface area contributed by atoms with Gasteiger partial charge in [0.15, 0.2) is 0 Å². The molecule has 27 heavy (non-hydrogen) atoms. The van der Waals surface area contributed by atoms with E-state index < -0.39 is 25.3 Å². The molecule has 0 bridgehead atoms. The van der Waals surface area contributed by atoms with Gasteiger partial charge >= 0.3 is 6.09 Å². The SMILES string of the molecule is COc1ccc(-c2nc3ccc(OC(=O)NC(CO)CO)cc3s2)c(O)c1. The fraction of sp³-hybridized carbons (Fsp3) is 0.222. The zero-order valence-electron chi connectivity index (χ0n) is 14.4. The predicted octanol–water partition coefficient (Wildman–Crippen LogP) is 2.12. The van der Waals surface area contributed by atoms with E-state index in [9.17, 15) is 9.90 Å². The number of carbonyl (C=O) groups excluding carboxylic acids is 1. The Morgan fingerprint density at radius 1 is 1.19 bits per heavy atom. The maximum atomic E-state index is 11.8. The molecule has 1 heterocycles. The molecule has 0 radical (unpaired) electrons. The van der Waals surface area contributed by atoms with Crippen LogP contribution in [0.15, 0.2) is 36.4 Å². The summed E-state index contributed by atoms with van der Waals surface area (Å²) in [6, 6.07) is 9.14. The molecule has 142 valence electrons. The van der Waals surface area contributed by atoms with Gasteiger partial charge in [-0.25, -0.2) is 9.78 Å². The highest BCUT2D eigenvalue weighted by atomic mass is 32.1. The van der Waals surface area contributed by atoms with Gasteiger partial charge in [0.1, 0.15) is 22.3 Å². The van der Waals surface area contributed by atoms with Crippen LogP contribution in [0, 0.1) is 0 Å². The van der Waals surface area contributed by atoms with Crippen LogP contribution in [-0.4, -0.2) is 52.8 Å². The van der Waals surface area contributed by atoms with Crippen molar-refractivity contribution in [3.8, 4) is 27.8 Å². The minimum absolute atomic E-state index is 0.0586. The number of fused-ring (bicyclic) bond motifs is 1. The summed E-state index contributed by atoms with van der Waals surface area (Å²) in [5.41, 5.74) is 1.27. The number of nitrogens with one attached hydrogen (secondary N) is 1. The third-order valence-corrected chi connectivity index (χ3v) is 4.82. The van der Waals surface area contributed by atoms with Crippen LogP contribution in [0.4, 0.5) is 4.79 Å². The number of nitrogens with zero attached hydrogens (tertiary/aromatic N) is 1. The number of thiazole rings is 1. The quantitative estimate of drug-likeness (QED) is 0.509. The number of rotatable bonds is 6. The molecule has 3 rings (SSSR count). The molecule has 4 N–H and O–H groups in total. The molecule has 0 aliphatic rings. The Kier molecular flexibility index (Phi) is 5.75. The zero-order chi connectivity index (χ0) is 19.4. The van der Waals surface area contributed by atoms with E-state index in [1.165, 1.54) is 24.5 Å². The first kappa shape index (κ1) is 18.9. The number of phenols is 1. The Labute approximate surface area is 158 Å². The highest BCUT2D eigenvalue weighted by Gasteiger charge is 2.14. The van der Waals surface area contributed by atoms with Gasteiger partial charge in [0, 0.05) is 12.1 Å². The van der Waals surface area contributed by atoms with E-state index in [1.807, 2.05) is 0 Å². The summed E-state index contributed by atoms with van der Waals surface area (Å²) in [6.07, 6.45) is -0.778. The standard InChI is InChI=1S/C18H18N2O6S/c1-25-11-2-4-13(15(23)6-11)17-20-14-5-3-12(7-16(14)27-17)26-18(24)19-10(8-21)9-22/h2-7,10,21-23H,8-9H2,1H3,(H,19,24). The van der Waals surface area contributed by atoms with Crippen LogP contribution < -0.4 is 14.8 Å². The number of hydrogen-bond acceptors (Lipinski definition) is 8. The lowest BCUT2D eigenvalue weighted by Crippen LogP contribution is -2.41. The molecule has 1 aromatic heterocycles. The van der Waals surface area contributed by atoms with Crippen LogP contribution in [-0.2, 0) is 0 Å². The van der Waals surface area contributed by atoms with Crippen LogP contribution in [0.3, 0.4) is 0 Å². The molecule has 0 aliphatic carbocycles. The van der Waals surface area contributed by atoms with Crippen LogP contribution >= 0.6 is 11.3 Å². The van der Waals surface area contributed by atoms with Crippen molar-refractivity contribution >= 4 is 27.6 Å². The van der Waals surface area contributed by atoms with Crippen molar-refractivity contribution in [2.45, 2.75) is 6.04 Å². The number of phenolic OH excluding ortho intramolecular Hbond substituents is 1. The second-order valence-corrected chi connectivity index (χ2v) is 6.66. The first-order chi connectivity index (χ1) is 13.0. The molecule has 3 aromatic rings. The second kappa shape index (κ2) is 8.21. The zero-order valence-corrected chi connectivity index (χ0v) is 15.2. The number of aliphatic hydroxyl groups is 2. The topological polar surface area (TPSA) is 121 Å². The monoisotopic (exact) mass is 390 g/mol. The molecule has 0 unspecified atom stereocenters. The van der Waals surface area contributed by atoms with E-state index in [0.717, 1.165) is 4.70 Å². The van der Waals surface area contributed by atoms with Crippen LogP contribution in [0.5, 0.6) is 17.2 Å². The molecule has 0 fully saturated rings. The largest absolute Gasteiger partial charge is 0.507 e. The van der Waals surface area contributed by atoms with Crippen LogP contribution in [0.1, 0.15) is 0 Å². The van der Waals surface area contributed by atoms with Gasteiger partial charge in [0.05, 0.1) is 42.1 Å². The maximum absolute atomic E-state index is 11.8. The van der Waals surface area contributed by atoms with Crippen LogP contribution in [0.25, 0.3) is 20.8 Å². The summed E-state index contributed by atoms with van der Waals surface area (Å²) in [5.74, 6) is 0.898. The lowest BCUT2D eigenvalue weighted by Gasteiger charge is -2.13. The lowest BCUT2D eigenvalue weighted by molar-refractivity contribution is 0.153. The number of benzene rings is 2. The van der Waals surface area contributed by atoms with Crippen molar-refractivity contribution in [2.75, 3.05) is 20.3 Å². The molecule has 0 atom stereocenters. The molecule has 1 amide bonds. The lowest BCUT2D eigenvalue weighted by atomic mass is 10.2. The molecule has 2 aromatic carbocycles. The summed E-state index contributed by atoms with van der Waals surface area (Å²) in [5, 5.41) is 31.1. The third kappa shape index (κ3) is 4.27. The number of aliphatic hydroxyl groups excluding tert-OH is 2. The number of aromatic hydroxyl groups is 1. The summed E-state index contributed by atoms with van der Waals surface area (Å²) in [4.78, 5) is 16.3. The molecule has 0 saturated carbocycles. The van der Waals surface area contributed by atoms with E-state index in [2.05, 4.69) is 10.3 Å². The second-order valence-electron chi connectivity index (χ2n) is 5.63. The Hall–Kier alpha value is -2.88. The number of carbonyl (C=O) groups is 1. The van der Waals surface area contributed by atoms with Crippen LogP contribution in [0.2, 0.25) is 0 Å². The van der Waals surface area contributed by atoms with Gasteiger partial charge in [-0.05, 0) is 24.3 Å². The van der Waals surface area contributed by atoms with E-state index in [4.69, 9.17) is 19.7 Å². The number of aromatic nitrogens is 1. The Morgan fingerprint density at radius 3 is 2.59 bits per heavy atom. The summed E-state index contributed by atoms with van der Waals surface area (Å²) >= 11 is 1.34. The Bertz CT molecular complexity index is 954. The first-order valence-electron chi connectivity index (χ1n) is 8.02. The number of ether oxygens (including phenoxy) is 2. The van der Waals surface area contributed by atoms with Crippen molar-refractivity contribution in [3.63, 3.8) is 0 Å². The Balaban J connectivity index is 1.82. The maximum Gasteiger partial charge on any atom is 0.412 e. The molecule has 0 aliphatic heterocycles. The van der Waals surface area contributed by atoms with Crippen molar-refractivity contribution in [2.24, 2.45) is 0 Å². The van der Waals surface area contributed by atoms with Gasteiger partial charge < -0.3 is 30.1 Å². The summed E-state index contributed by atoms with van der Waals surface area (Å²) < 4.78 is 11.0. The van der Waals surface area contributed by atoms with Crippen molar-refractivity contribution in [1.29, 1.82) is 0 Å². The molecule has 0 saturated heterocycles. The van der Waals surface area contributed by atoms with Crippen molar-refractivity contribution < 1.29 is 29.6 Å². The smallest absolute Gasteiger partial charge is 0.412 e. The van der Waals surface area contributed by atoms with Gasteiger partial charge in [0.2, 0.25) is 0 Å². The molecular weight excluding hydrogens is 372 g/mol. The van der Waals surface area contributed by atoms with Gasteiger partial charge in [0.25, 0.3) is 0 Å². The third-order valence-electron chi connectivity index (χ3n) is 3.77. The average Bonchev–Trinajstić information content (AvgIpc) is 3.08. The van der Waals surface area contributed by atoms with E-state index in [0.29, 0.717) is 27.6 Å². The van der Waals surface area contributed by atoms with Gasteiger partial charge in [-0.3, -0.25) is 0 Å². The van der Waals surface area contributed by atoms with Gasteiger partial charge in [-0.1, -0.05) is 0 Å². The average molecular weight is 390 g/mol. The highest BCUT2D eigenvalue weighted by molar-refractivity contribution is 7.21. The molecular formula is C18H18N2O6S. The minimum Gasteiger partial charge on any atom is -0.507 e.